The number of hydrogen-bond donors (Lipinski definition) is 0. The van der Waals surface area contributed by atoms with Crippen molar-refractivity contribution in [3.63, 3.8) is 0 Å². The monoisotopic (exact) mass is 210 g/mol. The molecule has 15 heavy (non-hydrogen) atoms. The third-order valence-electron chi connectivity index (χ3n) is 2.25. The van der Waals surface area contributed by atoms with Crippen molar-refractivity contribution in [1.29, 1.82) is 0 Å². The molecule has 1 aliphatic carbocycles. The van der Waals surface area contributed by atoms with E-state index >= 15 is 0 Å². The van der Waals surface area contributed by atoms with Crippen molar-refractivity contribution in [2.75, 3.05) is 0 Å². The van der Waals surface area contributed by atoms with Gasteiger partial charge in [-0.05, 0) is 31.6 Å². The molecule has 0 amide bonds. The highest BCUT2D eigenvalue weighted by molar-refractivity contribution is 4.94. The third-order valence-corrected chi connectivity index (χ3v) is 2.25. The van der Waals surface area contributed by atoms with Crippen molar-refractivity contribution < 1.29 is 0 Å². The highest BCUT2D eigenvalue weighted by Gasteiger charge is 2.15. The Labute approximate surface area is 98.2 Å². The standard InChI is InChI=1S/C9H14.2C2H6.C2H4/c1-3-9-6-4-8(2)5-7-9;3*1-2/h1,8-9H,4-7H2,2H3;2*1-2H3;1-2H2. The molecule has 0 heteroatoms. The largest absolute Gasteiger partial charge is 0.120 e. The van der Waals surface area contributed by atoms with Crippen molar-refractivity contribution in [2.45, 2.75) is 60.3 Å². The van der Waals surface area contributed by atoms with Crippen LogP contribution in [0.4, 0.5) is 0 Å². The molecule has 0 bridgehead atoms. The molecule has 1 rings (SSSR count). The molecule has 0 spiro atoms. The summed E-state index contributed by atoms with van der Waals surface area (Å²) in [6.45, 7) is 16.3. The normalized spacial score (nSPS) is 22.4. The lowest BCUT2D eigenvalue weighted by molar-refractivity contribution is 0.338. The van der Waals surface area contributed by atoms with Crippen LogP contribution >= 0.6 is 0 Å². The van der Waals surface area contributed by atoms with Gasteiger partial charge >= 0.3 is 0 Å². The SMILES string of the molecule is C#CC1CCC(C)CC1.C=C.CC.CC. The van der Waals surface area contributed by atoms with Gasteiger partial charge in [0, 0.05) is 5.92 Å². The zero-order chi connectivity index (χ0) is 12.7. The summed E-state index contributed by atoms with van der Waals surface area (Å²) in [5.74, 6) is 4.35. The van der Waals surface area contributed by atoms with Crippen LogP contribution in [0.5, 0.6) is 0 Å². The van der Waals surface area contributed by atoms with E-state index in [4.69, 9.17) is 6.42 Å². The van der Waals surface area contributed by atoms with Gasteiger partial charge in [0.1, 0.15) is 0 Å². The van der Waals surface area contributed by atoms with E-state index in [1.165, 1.54) is 25.7 Å². The van der Waals surface area contributed by atoms with Crippen LogP contribution in [-0.2, 0) is 0 Å². The van der Waals surface area contributed by atoms with Gasteiger partial charge in [-0.1, -0.05) is 34.6 Å². The van der Waals surface area contributed by atoms with E-state index < -0.39 is 0 Å². The second-order valence-electron chi connectivity index (χ2n) is 3.12. The summed E-state index contributed by atoms with van der Waals surface area (Å²) >= 11 is 0. The quantitative estimate of drug-likeness (QED) is 0.376. The van der Waals surface area contributed by atoms with E-state index in [0.717, 1.165) is 5.92 Å². The van der Waals surface area contributed by atoms with Crippen LogP contribution in [-0.4, -0.2) is 0 Å². The Hall–Kier alpha value is -0.700. The first-order valence-electron chi connectivity index (χ1n) is 6.29. The summed E-state index contributed by atoms with van der Waals surface area (Å²) in [5, 5.41) is 0. The van der Waals surface area contributed by atoms with Gasteiger partial charge in [0.25, 0.3) is 0 Å². The average molecular weight is 210 g/mol. The molecule has 0 unspecified atom stereocenters. The van der Waals surface area contributed by atoms with Crippen LogP contribution < -0.4 is 0 Å². The minimum absolute atomic E-state index is 0.598. The Kier molecular flexibility index (Phi) is 25.0. The first kappa shape index (κ1) is 19.8. The minimum Gasteiger partial charge on any atom is -0.120 e. The van der Waals surface area contributed by atoms with Crippen LogP contribution in [0.3, 0.4) is 0 Å². The lowest BCUT2D eigenvalue weighted by atomic mass is 9.84. The Morgan fingerprint density at radius 3 is 1.53 bits per heavy atom. The predicted octanol–water partition coefficient (Wildman–Crippen LogP) is 5.30. The Balaban J connectivity index is -0.000000208. The number of hydrogen-bond acceptors (Lipinski definition) is 0. The molecular weight excluding hydrogens is 180 g/mol. The summed E-state index contributed by atoms with van der Waals surface area (Å²) in [4.78, 5) is 0. The molecule has 0 saturated heterocycles. The highest BCUT2D eigenvalue weighted by atomic mass is 14.2. The smallest absolute Gasteiger partial charge is 0.0200 e. The second-order valence-corrected chi connectivity index (χ2v) is 3.12. The lowest BCUT2D eigenvalue weighted by Crippen LogP contribution is -2.09. The van der Waals surface area contributed by atoms with Gasteiger partial charge in [-0.2, -0.15) is 0 Å². The van der Waals surface area contributed by atoms with E-state index in [9.17, 15) is 0 Å². The van der Waals surface area contributed by atoms with Crippen LogP contribution in [0.1, 0.15) is 60.3 Å². The molecule has 90 valence electrons. The summed E-state index contributed by atoms with van der Waals surface area (Å²) in [6.07, 6.45) is 10.5. The fourth-order valence-corrected chi connectivity index (χ4v) is 1.43. The Morgan fingerprint density at radius 1 is 0.933 bits per heavy atom. The lowest BCUT2D eigenvalue weighted by Gasteiger charge is -2.21. The molecule has 1 saturated carbocycles. The molecule has 0 nitrogen and oxygen atoms in total. The van der Waals surface area contributed by atoms with E-state index in [-0.39, 0.29) is 0 Å². The Bertz CT molecular complexity index is 121. The summed E-state index contributed by atoms with van der Waals surface area (Å²) in [6, 6.07) is 0. The maximum absolute atomic E-state index is 5.30. The maximum atomic E-state index is 5.30. The zero-order valence-corrected chi connectivity index (χ0v) is 11.5. The second kappa shape index (κ2) is 19.0. The van der Waals surface area contributed by atoms with Gasteiger partial charge in [-0.15, -0.1) is 25.5 Å². The molecule has 1 aliphatic rings. The number of terminal acetylenes is 1. The van der Waals surface area contributed by atoms with E-state index in [1.54, 1.807) is 0 Å². The molecule has 1 fully saturated rings. The molecule has 0 atom stereocenters. The molecule has 0 aliphatic heterocycles. The summed E-state index contributed by atoms with van der Waals surface area (Å²) < 4.78 is 0. The molecule has 0 heterocycles. The fraction of sp³-hybridized carbons (Fsp3) is 0.733. The van der Waals surface area contributed by atoms with Crippen LogP contribution in [0.2, 0.25) is 0 Å². The summed E-state index contributed by atoms with van der Waals surface area (Å²) in [7, 11) is 0. The first-order valence-corrected chi connectivity index (χ1v) is 6.29. The van der Waals surface area contributed by atoms with Crippen LogP contribution in [0.15, 0.2) is 13.2 Å². The zero-order valence-electron chi connectivity index (χ0n) is 11.5. The molecule has 0 N–H and O–H groups in total. The average Bonchev–Trinajstić information content (AvgIpc) is 2.38. The Morgan fingerprint density at radius 2 is 1.27 bits per heavy atom. The van der Waals surface area contributed by atoms with Crippen molar-refractivity contribution in [1.82, 2.24) is 0 Å². The van der Waals surface area contributed by atoms with Gasteiger partial charge in [0.05, 0.1) is 0 Å². The first-order chi connectivity index (χ1) is 7.33. The van der Waals surface area contributed by atoms with Gasteiger partial charge in [0.2, 0.25) is 0 Å². The van der Waals surface area contributed by atoms with Gasteiger partial charge in [-0.3, -0.25) is 0 Å². The van der Waals surface area contributed by atoms with E-state index in [0.29, 0.717) is 5.92 Å². The molecule has 0 aromatic carbocycles. The fourth-order valence-electron chi connectivity index (χ4n) is 1.43. The molecule has 0 radical (unpaired) electrons. The van der Waals surface area contributed by atoms with Crippen molar-refractivity contribution in [3.05, 3.63) is 13.2 Å². The van der Waals surface area contributed by atoms with E-state index in [1.807, 2.05) is 27.7 Å². The maximum Gasteiger partial charge on any atom is 0.0200 e. The minimum atomic E-state index is 0.598. The highest BCUT2D eigenvalue weighted by Crippen LogP contribution is 2.27. The van der Waals surface area contributed by atoms with Gasteiger partial charge in [-0.25, -0.2) is 0 Å². The van der Waals surface area contributed by atoms with Crippen molar-refractivity contribution in [2.24, 2.45) is 11.8 Å². The summed E-state index contributed by atoms with van der Waals surface area (Å²) in [5.41, 5.74) is 0. The predicted molar refractivity (Wildman–Crippen MR) is 73.9 cm³/mol. The van der Waals surface area contributed by atoms with Crippen molar-refractivity contribution in [3.8, 4) is 12.3 Å². The molecular formula is C15H30. The van der Waals surface area contributed by atoms with Gasteiger partial charge < -0.3 is 0 Å². The van der Waals surface area contributed by atoms with Crippen molar-refractivity contribution >= 4 is 0 Å². The molecule has 0 aromatic heterocycles. The number of rotatable bonds is 0. The topological polar surface area (TPSA) is 0 Å². The van der Waals surface area contributed by atoms with Crippen LogP contribution in [0.25, 0.3) is 0 Å². The van der Waals surface area contributed by atoms with Gasteiger partial charge in [0.15, 0.2) is 0 Å². The third kappa shape index (κ3) is 13.3. The van der Waals surface area contributed by atoms with Crippen LogP contribution in [0, 0.1) is 24.2 Å². The molecule has 0 aromatic rings. The van der Waals surface area contributed by atoms with E-state index in [2.05, 4.69) is 26.0 Å².